The SMILES string of the molecule is [CH2]CCOCC(O)(OCC)OCC. The smallest absolute Gasteiger partial charge is 0.305 e. The van der Waals surface area contributed by atoms with Crippen molar-refractivity contribution in [1.29, 1.82) is 0 Å². The molecule has 0 unspecified atom stereocenters. The van der Waals surface area contributed by atoms with E-state index >= 15 is 0 Å². The molecular formula is C9H19O4. The van der Waals surface area contributed by atoms with Gasteiger partial charge in [0.2, 0.25) is 0 Å². The van der Waals surface area contributed by atoms with E-state index in [4.69, 9.17) is 14.2 Å². The van der Waals surface area contributed by atoms with E-state index in [2.05, 4.69) is 6.92 Å². The molecule has 0 aromatic heterocycles. The predicted octanol–water partition coefficient (Wildman–Crippen LogP) is 0.946. The molecule has 0 heterocycles. The summed E-state index contributed by atoms with van der Waals surface area (Å²) in [6, 6.07) is 0. The molecule has 0 amide bonds. The van der Waals surface area contributed by atoms with Gasteiger partial charge in [0.15, 0.2) is 0 Å². The Balaban J connectivity index is 3.76. The summed E-state index contributed by atoms with van der Waals surface area (Å²) >= 11 is 0. The van der Waals surface area contributed by atoms with Crippen molar-refractivity contribution in [1.82, 2.24) is 0 Å². The molecule has 0 aromatic rings. The Morgan fingerprint density at radius 3 is 2.15 bits per heavy atom. The first-order valence-corrected chi connectivity index (χ1v) is 4.55. The van der Waals surface area contributed by atoms with Gasteiger partial charge in [-0.25, -0.2) is 0 Å². The first-order chi connectivity index (χ1) is 6.18. The quantitative estimate of drug-likeness (QED) is 0.458. The minimum absolute atomic E-state index is 0.0181. The maximum Gasteiger partial charge on any atom is 0.305 e. The molecule has 0 bridgehead atoms. The van der Waals surface area contributed by atoms with Crippen LogP contribution in [0.3, 0.4) is 0 Å². The lowest BCUT2D eigenvalue weighted by Gasteiger charge is -2.26. The number of aliphatic hydroxyl groups is 1. The summed E-state index contributed by atoms with van der Waals surface area (Å²) in [7, 11) is 0. The molecule has 0 aromatic carbocycles. The largest absolute Gasteiger partial charge is 0.373 e. The van der Waals surface area contributed by atoms with Crippen molar-refractivity contribution < 1.29 is 19.3 Å². The second kappa shape index (κ2) is 7.26. The molecular weight excluding hydrogens is 172 g/mol. The maximum absolute atomic E-state index is 9.65. The van der Waals surface area contributed by atoms with E-state index in [0.717, 1.165) is 0 Å². The molecule has 0 saturated carbocycles. The van der Waals surface area contributed by atoms with Crippen LogP contribution >= 0.6 is 0 Å². The molecule has 79 valence electrons. The van der Waals surface area contributed by atoms with E-state index in [9.17, 15) is 5.11 Å². The summed E-state index contributed by atoms with van der Waals surface area (Å²) < 4.78 is 15.1. The van der Waals surface area contributed by atoms with Crippen molar-refractivity contribution in [2.75, 3.05) is 26.4 Å². The first-order valence-electron chi connectivity index (χ1n) is 4.55. The van der Waals surface area contributed by atoms with Crippen LogP contribution in [0.5, 0.6) is 0 Å². The topological polar surface area (TPSA) is 47.9 Å². The first kappa shape index (κ1) is 12.8. The highest BCUT2D eigenvalue weighted by Crippen LogP contribution is 2.09. The molecule has 0 spiro atoms. The lowest BCUT2D eigenvalue weighted by atomic mass is 10.5. The lowest BCUT2D eigenvalue weighted by Crippen LogP contribution is -2.41. The average Bonchev–Trinajstić information content (AvgIpc) is 2.05. The van der Waals surface area contributed by atoms with E-state index in [-0.39, 0.29) is 6.61 Å². The molecule has 13 heavy (non-hydrogen) atoms. The van der Waals surface area contributed by atoms with E-state index in [0.29, 0.717) is 26.2 Å². The van der Waals surface area contributed by atoms with Crippen LogP contribution in [0, 0.1) is 6.92 Å². The van der Waals surface area contributed by atoms with Gasteiger partial charge >= 0.3 is 5.97 Å². The highest BCUT2D eigenvalue weighted by molar-refractivity contribution is 4.52. The molecule has 0 fully saturated rings. The van der Waals surface area contributed by atoms with E-state index in [1.807, 2.05) is 0 Å². The third-order valence-corrected chi connectivity index (χ3v) is 1.31. The van der Waals surface area contributed by atoms with Gasteiger partial charge in [0.25, 0.3) is 0 Å². The van der Waals surface area contributed by atoms with Gasteiger partial charge in [-0.05, 0) is 20.3 Å². The van der Waals surface area contributed by atoms with Crippen LogP contribution in [-0.2, 0) is 14.2 Å². The van der Waals surface area contributed by atoms with Crippen molar-refractivity contribution in [2.24, 2.45) is 0 Å². The molecule has 4 heteroatoms. The van der Waals surface area contributed by atoms with Crippen LogP contribution in [0.15, 0.2) is 0 Å². The maximum atomic E-state index is 9.65. The highest BCUT2D eigenvalue weighted by Gasteiger charge is 2.28. The highest BCUT2D eigenvalue weighted by atomic mass is 16.8. The average molecular weight is 191 g/mol. The van der Waals surface area contributed by atoms with Gasteiger partial charge < -0.3 is 19.3 Å². The van der Waals surface area contributed by atoms with Crippen molar-refractivity contribution >= 4 is 0 Å². The van der Waals surface area contributed by atoms with Gasteiger partial charge in [0.05, 0.1) is 0 Å². The summed E-state index contributed by atoms with van der Waals surface area (Å²) in [5.74, 6) is -1.60. The zero-order valence-electron chi connectivity index (χ0n) is 8.41. The fraction of sp³-hybridized carbons (Fsp3) is 0.889. The molecule has 1 radical (unpaired) electrons. The monoisotopic (exact) mass is 191 g/mol. The third-order valence-electron chi connectivity index (χ3n) is 1.31. The van der Waals surface area contributed by atoms with Gasteiger partial charge in [0.1, 0.15) is 6.61 Å². The van der Waals surface area contributed by atoms with Crippen molar-refractivity contribution in [3.05, 3.63) is 6.92 Å². The molecule has 0 atom stereocenters. The minimum Gasteiger partial charge on any atom is -0.373 e. The molecule has 0 aliphatic rings. The fourth-order valence-electron chi connectivity index (χ4n) is 0.879. The van der Waals surface area contributed by atoms with Gasteiger partial charge in [-0.3, -0.25) is 0 Å². The zero-order chi connectivity index (χ0) is 10.2. The normalized spacial score (nSPS) is 12.0. The Hall–Kier alpha value is -0.160. The predicted molar refractivity (Wildman–Crippen MR) is 49.0 cm³/mol. The molecule has 0 aliphatic heterocycles. The molecule has 0 saturated heterocycles. The summed E-state index contributed by atoms with van der Waals surface area (Å²) in [5.41, 5.74) is 0. The van der Waals surface area contributed by atoms with E-state index < -0.39 is 5.97 Å². The fourth-order valence-corrected chi connectivity index (χ4v) is 0.879. The molecule has 1 N–H and O–H groups in total. The Morgan fingerprint density at radius 1 is 1.23 bits per heavy atom. The lowest BCUT2D eigenvalue weighted by molar-refractivity contribution is -0.373. The minimum atomic E-state index is -1.60. The van der Waals surface area contributed by atoms with Gasteiger partial charge in [0, 0.05) is 19.8 Å². The zero-order valence-corrected chi connectivity index (χ0v) is 8.41. The second-order valence-corrected chi connectivity index (χ2v) is 2.48. The van der Waals surface area contributed by atoms with Crippen LogP contribution < -0.4 is 0 Å². The molecule has 0 rings (SSSR count). The Bertz CT molecular complexity index is 110. The molecule has 4 nitrogen and oxygen atoms in total. The Labute approximate surface area is 79.8 Å². The van der Waals surface area contributed by atoms with Gasteiger partial charge in [-0.2, -0.15) is 0 Å². The van der Waals surface area contributed by atoms with Crippen molar-refractivity contribution in [2.45, 2.75) is 26.2 Å². The van der Waals surface area contributed by atoms with Crippen LogP contribution in [-0.4, -0.2) is 37.5 Å². The number of hydrogen-bond donors (Lipinski definition) is 1. The van der Waals surface area contributed by atoms with Crippen molar-refractivity contribution in [3.63, 3.8) is 0 Å². The van der Waals surface area contributed by atoms with Crippen LogP contribution in [0.2, 0.25) is 0 Å². The van der Waals surface area contributed by atoms with E-state index in [1.165, 1.54) is 0 Å². The summed E-state index contributed by atoms with van der Waals surface area (Å²) in [6.45, 7) is 8.44. The third kappa shape index (κ3) is 5.99. The standard InChI is InChI=1S/C9H19O4/c1-4-7-11-8-9(10,12-5-2)13-6-3/h10H,1,4-8H2,2-3H3. The summed E-state index contributed by atoms with van der Waals surface area (Å²) in [4.78, 5) is 0. The van der Waals surface area contributed by atoms with Crippen LogP contribution in [0.1, 0.15) is 20.3 Å². The van der Waals surface area contributed by atoms with Crippen LogP contribution in [0.4, 0.5) is 0 Å². The summed E-state index contributed by atoms with van der Waals surface area (Å²) in [6.07, 6.45) is 0.661. The van der Waals surface area contributed by atoms with Gasteiger partial charge in [-0.15, -0.1) is 0 Å². The van der Waals surface area contributed by atoms with Crippen LogP contribution in [0.25, 0.3) is 0 Å². The molecule has 0 aliphatic carbocycles. The Kier molecular flexibility index (Phi) is 7.17. The van der Waals surface area contributed by atoms with Gasteiger partial charge in [-0.1, -0.05) is 6.92 Å². The van der Waals surface area contributed by atoms with E-state index in [1.54, 1.807) is 13.8 Å². The van der Waals surface area contributed by atoms with Crippen molar-refractivity contribution in [3.8, 4) is 0 Å². The number of rotatable bonds is 8. The number of ether oxygens (including phenoxy) is 3. The second-order valence-electron chi connectivity index (χ2n) is 2.48. The Morgan fingerprint density at radius 2 is 1.77 bits per heavy atom. The number of hydrogen-bond acceptors (Lipinski definition) is 4. The summed E-state index contributed by atoms with van der Waals surface area (Å²) in [5, 5.41) is 9.65.